The third-order valence-electron chi connectivity index (χ3n) is 3.35. The Kier molecular flexibility index (Phi) is 4.20. The second-order valence-electron chi connectivity index (χ2n) is 4.52. The molecule has 1 aliphatic heterocycles. The van der Waals surface area contributed by atoms with E-state index in [4.69, 9.17) is 4.74 Å². The quantitative estimate of drug-likeness (QED) is 0.847. The Morgan fingerprint density at radius 1 is 1.53 bits per heavy atom. The van der Waals surface area contributed by atoms with Crippen molar-refractivity contribution in [2.24, 2.45) is 0 Å². The summed E-state index contributed by atoms with van der Waals surface area (Å²) in [5.41, 5.74) is 0. The first-order valence-electron chi connectivity index (χ1n) is 6.27. The van der Waals surface area contributed by atoms with Gasteiger partial charge in [0.25, 0.3) is 0 Å². The lowest BCUT2D eigenvalue weighted by atomic mass is 10.1. The van der Waals surface area contributed by atoms with E-state index in [0.29, 0.717) is 11.9 Å². The third-order valence-corrected chi connectivity index (χ3v) is 3.35. The summed E-state index contributed by atoms with van der Waals surface area (Å²) in [5.74, 6) is 1.55. The maximum absolute atomic E-state index is 5.68. The van der Waals surface area contributed by atoms with E-state index in [0.717, 1.165) is 18.8 Å². The van der Waals surface area contributed by atoms with Crippen LogP contribution in [-0.4, -0.2) is 43.2 Å². The molecule has 0 radical (unpaired) electrons. The minimum absolute atomic E-state index is 0.683. The van der Waals surface area contributed by atoms with Crippen molar-refractivity contribution < 1.29 is 4.74 Å². The zero-order valence-corrected chi connectivity index (χ0v) is 10.6. The van der Waals surface area contributed by atoms with Crippen molar-refractivity contribution in [3.8, 4) is 5.88 Å². The van der Waals surface area contributed by atoms with Gasteiger partial charge in [0.15, 0.2) is 0 Å². The van der Waals surface area contributed by atoms with E-state index in [1.165, 1.54) is 19.4 Å². The van der Waals surface area contributed by atoms with Gasteiger partial charge < -0.3 is 15.0 Å². The Morgan fingerprint density at radius 3 is 3.12 bits per heavy atom. The lowest BCUT2D eigenvalue weighted by Gasteiger charge is -2.19. The highest BCUT2D eigenvalue weighted by molar-refractivity contribution is 5.35. The highest BCUT2D eigenvalue weighted by Crippen LogP contribution is 2.18. The van der Waals surface area contributed by atoms with Crippen LogP contribution in [0.4, 0.5) is 5.82 Å². The second-order valence-corrected chi connectivity index (χ2v) is 4.52. The fraction of sp³-hybridized carbons (Fsp3) is 0.615. The fourth-order valence-electron chi connectivity index (χ4n) is 2.28. The molecule has 1 unspecified atom stereocenters. The van der Waals surface area contributed by atoms with E-state index in [-0.39, 0.29) is 0 Å². The van der Waals surface area contributed by atoms with Crippen molar-refractivity contribution in [1.82, 2.24) is 9.88 Å². The molecular formula is C13H21N3O. The Balaban J connectivity index is 1.77. The number of hydrogen-bond acceptors (Lipinski definition) is 4. The Hall–Kier alpha value is -1.29. The van der Waals surface area contributed by atoms with E-state index < -0.39 is 0 Å². The Bertz CT molecular complexity index is 356. The number of likely N-dealkylation sites (tertiary alicyclic amines) is 1. The lowest BCUT2D eigenvalue weighted by Crippen LogP contribution is -2.26. The summed E-state index contributed by atoms with van der Waals surface area (Å²) in [7, 11) is 4.05. The maximum Gasteiger partial charge on any atom is 0.215 e. The molecule has 17 heavy (non-hydrogen) atoms. The SMILES string of the molecule is CNc1cccc(OCCC2CCCN2C)n1. The van der Waals surface area contributed by atoms with Crippen LogP contribution in [0.3, 0.4) is 0 Å². The van der Waals surface area contributed by atoms with Crippen LogP contribution in [-0.2, 0) is 0 Å². The average molecular weight is 235 g/mol. The van der Waals surface area contributed by atoms with Crippen molar-refractivity contribution in [3.63, 3.8) is 0 Å². The summed E-state index contributed by atoms with van der Waals surface area (Å²) in [6.45, 7) is 1.97. The predicted molar refractivity (Wildman–Crippen MR) is 69.5 cm³/mol. The molecule has 1 aliphatic rings. The van der Waals surface area contributed by atoms with Gasteiger partial charge in [-0.3, -0.25) is 0 Å². The molecule has 0 amide bonds. The van der Waals surface area contributed by atoms with Crippen LogP contribution in [0.1, 0.15) is 19.3 Å². The van der Waals surface area contributed by atoms with E-state index >= 15 is 0 Å². The molecule has 2 heterocycles. The summed E-state index contributed by atoms with van der Waals surface area (Å²) < 4.78 is 5.68. The number of nitrogens with one attached hydrogen (secondary N) is 1. The van der Waals surface area contributed by atoms with Gasteiger partial charge in [-0.25, -0.2) is 0 Å². The van der Waals surface area contributed by atoms with Crippen LogP contribution >= 0.6 is 0 Å². The molecule has 1 atom stereocenters. The zero-order valence-electron chi connectivity index (χ0n) is 10.6. The van der Waals surface area contributed by atoms with Crippen molar-refractivity contribution in [2.45, 2.75) is 25.3 Å². The van der Waals surface area contributed by atoms with Gasteiger partial charge in [-0.15, -0.1) is 0 Å². The number of rotatable bonds is 5. The largest absolute Gasteiger partial charge is 0.478 e. The lowest BCUT2D eigenvalue weighted by molar-refractivity contribution is 0.229. The van der Waals surface area contributed by atoms with Crippen LogP contribution in [0.15, 0.2) is 18.2 Å². The molecule has 1 N–H and O–H groups in total. The number of anilines is 1. The molecule has 1 fully saturated rings. The summed E-state index contributed by atoms with van der Waals surface area (Å²) in [5, 5.41) is 3.01. The molecule has 4 nitrogen and oxygen atoms in total. The molecule has 1 saturated heterocycles. The average Bonchev–Trinajstić information content (AvgIpc) is 2.76. The fourth-order valence-corrected chi connectivity index (χ4v) is 2.28. The molecule has 1 aromatic heterocycles. The first-order chi connectivity index (χ1) is 8.29. The standard InChI is InChI=1S/C13H21N3O/c1-14-12-6-3-7-13(15-12)17-10-8-11-5-4-9-16(11)2/h3,6-7,11H,4-5,8-10H2,1-2H3,(H,14,15). The number of nitrogens with zero attached hydrogens (tertiary/aromatic N) is 2. The van der Waals surface area contributed by atoms with Gasteiger partial charge >= 0.3 is 0 Å². The molecule has 0 spiro atoms. The first-order valence-corrected chi connectivity index (χ1v) is 6.27. The number of hydrogen-bond donors (Lipinski definition) is 1. The van der Waals surface area contributed by atoms with Crippen molar-refractivity contribution in [2.75, 3.05) is 32.6 Å². The van der Waals surface area contributed by atoms with Gasteiger partial charge in [0, 0.05) is 19.2 Å². The molecule has 0 aromatic carbocycles. The van der Waals surface area contributed by atoms with Crippen LogP contribution < -0.4 is 10.1 Å². The van der Waals surface area contributed by atoms with Crippen LogP contribution in [0.5, 0.6) is 5.88 Å². The Morgan fingerprint density at radius 2 is 2.41 bits per heavy atom. The second kappa shape index (κ2) is 5.87. The van der Waals surface area contributed by atoms with E-state index in [9.17, 15) is 0 Å². The summed E-state index contributed by atoms with van der Waals surface area (Å²) in [6, 6.07) is 6.47. The molecule has 94 valence electrons. The summed E-state index contributed by atoms with van der Waals surface area (Å²) in [6.07, 6.45) is 3.69. The molecule has 0 aliphatic carbocycles. The molecule has 2 rings (SSSR count). The topological polar surface area (TPSA) is 37.4 Å². The normalized spacial score (nSPS) is 20.5. The van der Waals surface area contributed by atoms with E-state index in [1.807, 2.05) is 25.2 Å². The van der Waals surface area contributed by atoms with Gasteiger partial charge in [0.1, 0.15) is 5.82 Å². The summed E-state index contributed by atoms with van der Waals surface area (Å²) >= 11 is 0. The molecule has 0 saturated carbocycles. The predicted octanol–water partition coefficient (Wildman–Crippen LogP) is 1.99. The molecule has 1 aromatic rings. The van der Waals surface area contributed by atoms with Crippen molar-refractivity contribution in [3.05, 3.63) is 18.2 Å². The smallest absolute Gasteiger partial charge is 0.215 e. The maximum atomic E-state index is 5.68. The van der Waals surface area contributed by atoms with Gasteiger partial charge in [-0.2, -0.15) is 4.98 Å². The van der Waals surface area contributed by atoms with E-state index in [1.54, 1.807) is 0 Å². The van der Waals surface area contributed by atoms with Crippen molar-refractivity contribution >= 4 is 5.82 Å². The number of pyridine rings is 1. The number of aromatic nitrogens is 1. The van der Waals surface area contributed by atoms with Gasteiger partial charge in [-0.1, -0.05) is 6.07 Å². The summed E-state index contributed by atoms with van der Waals surface area (Å²) in [4.78, 5) is 6.74. The highest BCUT2D eigenvalue weighted by Gasteiger charge is 2.20. The zero-order chi connectivity index (χ0) is 12.1. The molecule has 0 bridgehead atoms. The van der Waals surface area contributed by atoms with Gasteiger partial charge in [0.05, 0.1) is 6.61 Å². The van der Waals surface area contributed by atoms with Gasteiger partial charge in [-0.05, 0) is 38.9 Å². The Labute approximate surface area is 103 Å². The highest BCUT2D eigenvalue weighted by atomic mass is 16.5. The monoisotopic (exact) mass is 235 g/mol. The van der Waals surface area contributed by atoms with Crippen molar-refractivity contribution in [1.29, 1.82) is 0 Å². The van der Waals surface area contributed by atoms with E-state index in [2.05, 4.69) is 22.2 Å². The van der Waals surface area contributed by atoms with Crippen LogP contribution in [0, 0.1) is 0 Å². The minimum Gasteiger partial charge on any atom is -0.478 e. The van der Waals surface area contributed by atoms with Crippen LogP contribution in [0.2, 0.25) is 0 Å². The van der Waals surface area contributed by atoms with Gasteiger partial charge in [0.2, 0.25) is 5.88 Å². The van der Waals surface area contributed by atoms with Crippen LogP contribution in [0.25, 0.3) is 0 Å². The third kappa shape index (κ3) is 3.33. The number of ether oxygens (including phenoxy) is 1. The molecular weight excluding hydrogens is 214 g/mol. The molecule has 4 heteroatoms. The minimum atomic E-state index is 0.683. The first kappa shape index (κ1) is 12.2.